The number of allylic oxidation sites excluding steroid dienone is 4. The summed E-state index contributed by atoms with van der Waals surface area (Å²) in [5.41, 5.74) is 0. The fourth-order valence-corrected chi connectivity index (χ4v) is 3.83. The molecule has 0 unspecified atom stereocenters. The van der Waals surface area contributed by atoms with Crippen molar-refractivity contribution in [3.63, 3.8) is 0 Å². The summed E-state index contributed by atoms with van der Waals surface area (Å²) >= 11 is 0. The number of carboxylic acid groups (broad SMARTS) is 2. The predicted octanol–water partition coefficient (Wildman–Crippen LogP) is 0.724. The Bertz CT molecular complexity index is 812. The number of unbranched alkanes of at least 4 members (excludes halogenated alkanes) is 2. The summed E-state index contributed by atoms with van der Waals surface area (Å²) < 4.78 is 0. The number of nitrogens with one attached hydrogen (secondary N) is 1. The standard InChI is InChI=1S/2C16H30N2O4.Ca/c2*1-2-3-4-5-6-8-15(20)17-10-13-18(11-7-14-19)12-9-16(21)22;/h2*4-5,19H,2-3,6-14H2,1H3,(H,17,20)(H,21,22);/q;;+2/p-2/b2*5-4+;. The minimum absolute atomic E-state index is 0. The summed E-state index contributed by atoms with van der Waals surface area (Å²) in [7, 11) is 0. The van der Waals surface area contributed by atoms with Crippen molar-refractivity contribution < 1.29 is 39.9 Å². The van der Waals surface area contributed by atoms with Gasteiger partial charge in [-0.2, -0.15) is 0 Å². The van der Waals surface area contributed by atoms with Crippen molar-refractivity contribution in [2.75, 3.05) is 65.6 Å². The number of carbonyl (C=O) groups excluding carboxylic acids is 2. The van der Waals surface area contributed by atoms with E-state index in [2.05, 4.69) is 36.3 Å². The molecule has 0 saturated carbocycles. The van der Waals surface area contributed by atoms with Gasteiger partial charge >= 0.3 is 43.7 Å². The van der Waals surface area contributed by atoms with Crippen molar-refractivity contribution in [3.8, 4) is 0 Å². The zero-order chi connectivity index (χ0) is 33.3. The molecule has 0 aromatic rings. The van der Waals surface area contributed by atoms with Crippen LogP contribution in [0.25, 0.3) is 0 Å². The Morgan fingerprint density at radius 3 is 1.73 bits per heavy atom. The van der Waals surface area contributed by atoms with Crippen LogP contribution in [0.15, 0.2) is 29.3 Å². The van der Waals surface area contributed by atoms with Gasteiger partial charge in [0.1, 0.15) is 0 Å². The maximum Gasteiger partial charge on any atom is 2.00 e. The molecule has 0 aliphatic rings. The third kappa shape index (κ3) is 38.6. The quantitative estimate of drug-likeness (QED) is 0.0401. The Balaban J connectivity index is -0.000000767. The molecule has 12 nitrogen and oxygen atoms in total. The van der Waals surface area contributed by atoms with E-state index < -0.39 is 11.9 Å². The average molecular weight is 667 g/mol. The molecule has 4 N–H and O–H groups in total. The van der Waals surface area contributed by atoms with Crippen LogP contribution in [-0.2, 0) is 14.4 Å². The van der Waals surface area contributed by atoms with Crippen molar-refractivity contribution in [2.24, 2.45) is 4.99 Å². The van der Waals surface area contributed by atoms with Crippen molar-refractivity contribution in [3.05, 3.63) is 24.3 Å². The number of carboxylic acids is 2. The topological polar surface area (TPSA) is 189 Å². The van der Waals surface area contributed by atoms with Gasteiger partial charge in [-0.25, -0.2) is 0 Å². The largest absolute Gasteiger partial charge is 2.00 e. The Kier molecular flexibility index (Phi) is 39.3. The van der Waals surface area contributed by atoms with Crippen LogP contribution in [0.4, 0.5) is 0 Å². The summed E-state index contributed by atoms with van der Waals surface area (Å²) in [6, 6.07) is 0. The molecular formula is C32H58CaN4O8. The summed E-state index contributed by atoms with van der Waals surface area (Å²) in [5.74, 6) is -2.04. The molecular weight excluding hydrogens is 608 g/mol. The number of aliphatic carboxylic acids is 2. The first-order valence-electron chi connectivity index (χ1n) is 16.0. The molecule has 0 bridgehead atoms. The number of aliphatic hydroxyl groups is 2. The number of aliphatic imine (C=N–C) groups is 1. The molecule has 0 aliphatic carbocycles. The van der Waals surface area contributed by atoms with E-state index in [1.165, 1.54) is 0 Å². The number of nitrogens with zero attached hydrogens (tertiary/aromatic N) is 3. The number of amides is 1. The van der Waals surface area contributed by atoms with Crippen LogP contribution in [0.5, 0.6) is 0 Å². The minimum Gasteiger partial charge on any atom is -0.862 e. The fraction of sp³-hybridized carbons (Fsp3) is 0.750. The van der Waals surface area contributed by atoms with E-state index in [0.717, 1.165) is 32.1 Å². The number of rotatable bonds is 28. The van der Waals surface area contributed by atoms with E-state index in [-0.39, 0.29) is 75.6 Å². The van der Waals surface area contributed by atoms with Gasteiger partial charge in [0.2, 0.25) is 5.91 Å². The SMILES string of the molecule is CCC/C=C/CCC(=O)NCCN(CCCO)CCC(=O)O.CCC/C=C/CCC([O-])=NCCN(CCCO)CCC(=O)[O-].[Ca+2]. The van der Waals surface area contributed by atoms with Crippen LogP contribution in [0.2, 0.25) is 0 Å². The maximum atomic E-state index is 11.6. The molecule has 0 radical (unpaired) electrons. The van der Waals surface area contributed by atoms with Gasteiger partial charge in [-0.15, -0.1) is 0 Å². The van der Waals surface area contributed by atoms with Crippen molar-refractivity contribution in [1.82, 2.24) is 15.1 Å². The van der Waals surface area contributed by atoms with E-state index >= 15 is 0 Å². The van der Waals surface area contributed by atoms with Gasteiger partial charge < -0.3 is 50.4 Å². The van der Waals surface area contributed by atoms with Crippen LogP contribution in [0.1, 0.15) is 90.9 Å². The van der Waals surface area contributed by atoms with E-state index in [9.17, 15) is 24.6 Å². The van der Waals surface area contributed by atoms with Crippen molar-refractivity contribution in [2.45, 2.75) is 90.9 Å². The normalized spacial score (nSPS) is 11.6. The van der Waals surface area contributed by atoms with Gasteiger partial charge in [-0.1, -0.05) is 51.0 Å². The first-order chi connectivity index (χ1) is 21.2. The number of hydrogen-bond donors (Lipinski definition) is 4. The molecule has 0 fully saturated rings. The molecule has 45 heavy (non-hydrogen) atoms. The maximum absolute atomic E-state index is 11.6. The third-order valence-electron chi connectivity index (χ3n) is 6.30. The van der Waals surface area contributed by atoms with E-state index in [1.54, 1.807) is 0 Å². The molecule has 0 rings (SSSR count). The summed E-state index contributed by atoms with van der Waals surface area (Å²) in [4.78, 5) is 40.5. The van der Waals surface area contributed by atoms with Gasteiger partial charge in [-0.05, 0) is 57.3 Å². The molecule has 0 heterocycles. The number of hydrogen-bond acceptors (Lipinski definition) is 10. The molecule has 0 spiro atoms. The Morgan fingerprint density at radius 1 is 0.711 bits per heavy atom. The van der Waals surface area contributed by atoms with Gasteiger partial charge in [0, 0.05) is 71.4 Å². The van der Waals surface area contributed by atoms with Crippen LogP contribution in [0, 0.1) is 0 Å². The van der Waals surface area contributed by atoms with Crippen molar-refractivity contribution >= 4 is 61.5 Å². The van der Waals surface area contributed by atoms with Gasteiger partial charge in [-0.3, -0.25) is 9.59 Å². The van der Waals surface area contributed by atoms with E-state index in [1.807, 2.05) is 22.0 Å². The van der Waals surface area contributed by atoms with Crippen LogP contribution in [-0.4, -0.2) is 152 Å². The predicted molar refractivity (Wildman–Crippen MR) is 176 cm³/mol. The van der Waals surface area contributed by atoms with Crippen LogP contribution >= 0.6 is 0 Å². The smallest absolute Gasteiger partial charge is 0.862 e. The Hall–Kier alpha value is -1.54. The summed E-state index contributed by atoms with van der Waals surface area (Å²) in [5, 5.41) is 51.3. The summed E-state index contributed by atoms with van der Waals surface area (Å²) in [6.07, 6.45) is 16.0. The fourth-order valence-electron chi connectivity index (χ4n) is 3.83. The minimum atomic E-state index is -1.10. The second kappa shape index (κ2) is 36.9. The number of aliphatic hydroxyl groups excluding tert-OH is 2. The molecule has 1 amide bonds. The van der Waals surface area contributed by atoms with E-state index in [4.69, 9.17) is 15.3 Å². The monoisotopic (exact) mass is 666 g/mol. The average Bonchev–Trinajstić information content (AvgIpc) is 2.99. The number of carbonyl (C=O) groups is 3. The second-order valence-corrected chi connectivity index (χ2v) is 10.3. The zero-order valence-corrected chi connectivity index (χ0v) is 30.0. The summed E-state index contributed by atoms with van der Waals surface area (Å²) in [6.45, 7) is 8.36. The molecule has 0 saturated heterocycles. The first-order valence-corrected chi connectivity index (χ1v) is 16.0. The van der Waals surface area contributed by atoms with Crippen molar-refractivity contribution in [1.29, 1.82) is 0 Å². The molecule has 13 heteroatoms. The Labute approximate surface area is 300 Å². The molecule has 0 aliphatic heterocycles. The first kappa shape index (κ1) is 47.9. The zero-order valence-electron chi connectivity index (χ0n) is 27.8. The molecule has 0 aromatic carbocycles. The van der Waals surface area contributed by atoms with Gasteiger partial charge in [0.25, 0.3) is 0 Å². The van der Waals surface area contributed by atoms with E-state index in [0.29, 0.717) is 84.5 Å². The van der Waals surface area contributed by atoms with Crippen LogP contribution in [0.3, 0.4) is 0 Å². The molecule has 0 aromatic heterocycles. The van der Waals surface area contributed by atoms with Gasteiger partial charge in [0.15, 0.2) is 0 Å². The molecule has 256 valence electrons. The van der Waals surface area contributed by atoms with Gasteiger partial charge in [0.05, 0.1) is 13.0 Å². The third-order valence-corrected chi connectivity index (χ3v) is 6.30. The molecule has 0 atom stereocenters. The second-order valence-electron chi connectivity index (χ2n) is 10.3. The van der Waals surface area contributed by atoms with Crippen LogP contribution < -0.4 is 15.5 Å². The Morgan fingerprint density at radius 2 is 1.22 bits per heavy atom.